The van der Waals surface area contributed by atoms with Gasteiger partial charge in [0.25, 0.3) is 5.91 Å². The highest BCUT2D eigenvalue weighted by atomic mass is 35.5. The summed E-state index contributed by atoms with van der Waals surface area (Å²) >= 11 is 5.96. The second-order valence-corrected chi connectivity index (χ2v) is 7.89. The number of hydrogen-bond donors (Lipinski definition) is 0. The number of likely N-dealkylation sites (tertiary alicyclic amines) is 1. The maximum absolute atomic E-state index is 12.6. The number of nitrogens with zero attached hydrogens (tertiary/aromatic N) is 4. The van der Waals surface area contributed by atoms with Crippen LogP contribution in [0, 0.1) is 5.92 Å². The average Bonchev–Trinajstić information content (AvgIpc) is 3.16. The molecule has 0 aliphatic carbocycles. The SMILES string of the molecule is CCn1cc(C(=O)N(C)C[C@H]2CCCN(CCc3ccc(Cl)cc3)C2)cn1. The summed E-state index contributed by atoms with van der Waals surface area (Å²) in [6, 6.07) is 8.12. The lowest BCUT2D eigenvalue weighted by molar-refractivity contribution is 0.0730. The quantitative estimate of drug-likeness (QED) is 0.727. The molecular formula is C21H29ClN4O. The lowest BCUT2D eigenvalue weighted by atomic mass is 9.97. The molecule has 1 aromatic carbocycles. The predicted molar refractivity (Wildman–Crippen MR) is 109 cm³/mol. The van der Waals surface area contributed by atoms with E-state index in [-0.39, 0.29) is 5.91 Å². The molecule has 0 spiro atoms. The fourth-order valence-corrected chi connectivity index (χ4v) is 3.91. The number of benzene rings is 1. The van der Waals surface area contributed by atoms with Crippen molar-refractivity contribution in [2.75, 3.05) is 33.2 Å². The Kier molecular flexibility index (Phi) is 6.91. The topological polar surface area (TPSA) is 41.4 Å². The highest BCUT2D eigenvalue weighted by Gasteiger charge is 2.23. The van der Waals surface area contributed by atoms with Crippen LogP contribution in [0.1, 0.15) is 35.7 Å². The molecule has 1 amide bonds. The van der Waals surface area contributed by atoms with Gasteiger partial charge >= 0.3 is 0 Å². The molecule has 0 radical (unpaired) electrons. The molecule has 1 aromatic heterocycles. The first-order valence-electron chi connectivity index (χ1n) is 9.80. The number of carbonyl (C=O) groups excluding carboxylic acids is 1. The van der Waals surface area contributed by atoms with E-state index in [9.17, 15) is 4.79 Å². The van der Waals surface area contributed by atoms with E-state index >= 15 is 0 Å². The maximum atomic E-state index is 12.6. The number of amides is 1. The Hall–Kier alpha value is -1.85. The van der Waals surface area contributed by atoms with Crippen molar-refractivity contribution in [1.29, 1.82) is 0 Å². The van der Waals surface area contributed by atoms with E-state index in [2.05, 4.69) is 22.1 Å². The Morgan fingerprint density at radius 1 is 1.33 bits per heavy atom. The fourth-order valence-electron chi connectivity index (χ4n) is 3.78. The molecule has 1 aliphatic rings. The average molecular weight is 389 g/mol. The van der Waals surface area contributed by atoms with Gasteiger partial charge in [0, 0.05) is 44.4 Å². The van der Waals surface area contributed by atoms with Crippen molar-refractivity contribution in [2.24, 2.45) is 5.92 Å². The lowest BCUT2D eigenvalue weighted by Gasteiger charge is -2.34. The smallest absolute Gasteiger partial charge is 0.256 e. The predicted octanol–water partition coefficient (Wildman–Crippen LogP) is 3.58. The van der Waals surface area contributed by atoms with Crippen LogP contribution in [-0.2, 0) is 13.0 Å². The molecule has 2 heterocycles. The zero-order valence-electron chi connectivity index (χ0n) is 16.3. The molecule has 146 valence electrons. The number of aromatic nitrogens is 2. The van der Waals surface area contributed by atoms with Crippen LogP contribution >= 0.6 is 11.6 Å². The summed E-state index contributed by atoms with van der Waals surface area (Å²) < 4.78 is 1.79. The van der Waals surface area contributed by atoms with E-state index in [4.69, 9.17) is 11.6 Å². The minimum Gasteiger partial charge on any atom is -0.341 e. The van der Waals surface area contributed by atoms with Gasteiger partial charge in [0.15, 0.2) is 0 Å². The molecule has 6 heteroatoms. The second kappa shape index (κ2) is 9.38. The van der Waals surface area contributed by atoms with Crippen molar-refractivity contribution in [3.05, 3.63) is 52.8 Å². The van der Waals surface area contributed by atoms with Crippen molar-refractivity contribution in [2.45, 2.75) is 32.7 Å². The summed E-state index contributed by atoms with van der Waals surface area (Å²) in [5, 5.41) is 4.99. The highest BCUT2D eigenvalue weighted by molar-refractivity contribution is 6.30. The van der Waals surface area contributed by atoms with Gasteiger partial charge in [-0.25, -0.2) is 0 Å². The molecule has 1 saturated heterocycles. The summed E-state index contributed by atoms with van der Waals surface area (Å²) in [5.41, 5.74) is 2.00. The zero-order valence-corrected chi connectivity index (χ0v) is 17.0. The number of halogens is 1. The van der Waals surface area contributed by atoms with Gasteiger partial charge in [-0.3, -0.25) is 9.48 Å². The molecule has 1 aliphatic heterocycles. The van der Waals surface area contributed by atoms with Crippen LogP contribution in [0.25, 0.3) is 0 Å². The molecule has 0 unspecified atom stereocenters. The molecular weight excluding hydrogens is 360 g/mol. The van der Waals surface area contributed by atoms with Crippen LogP contribution in [-0.4, -0.2) is 58.7 Å². The van der Waals surface area contributed by atoms with Crippen LogP contribution in [0.2, 0.25) is 5.02 Å². The number of aryl methyl sites for hydroxylation is 1. The summed E-state index contributed by atoms with van der Waals surface area (Å²) in [6.07, 6.45) is 6.92. The van der Waals surface area contributed by atoms with Crippen molar-refractivity contribution >= 4 is 17.5 Å². The highest BCUT2D eigenvalue weighted by Crippen LogP contribution is 2.19. The van der Waals surface area contributed by atoms with Gasteiger partial charge in [-0.1, -0.05) is 23.7 Å². The molecule has 0 saturated carbocycles. The van der Waals surface area contributed by atoms with Gasteiger partial charge in [0.05, 0.1) is 11.8 Å². The van der Waals surface area contributed by atoms with Crippen LogP contribution in [0.5, 0.6) is 0 Å². The van der Waals surface area contributed by atoms with Gasteiger partial charge in [0.2, 0.25) is 0 Å². The molecule has 3 rings (SSSR count). The number of rotatable bonds is 7. The summed E-state index contributed by atoms with van der Waals surface area (Å²) in [7, 11) is 1.90. The third kappa shape index (κ3) is 5.56. The first-order valence-corrected chi connectivity index (χ1v) is 10.2. The molecule has 2 aromatic rings. The fraction of sp³-hybridized carbons (Fsp3) is 0.524. The van der Waals surface area contributed by atoms with Crippen molar-refractivity contribution in [3.63, 3.8) is 0 Å². The largest absolute Gasteiger partial charge is 0.341 e. The first-order chi connectivity index (χ1) is 13.0. The molecule has 0 N–H and O–H groups in total. The minimum absolute atomic E-state index is 0.0630. The van der Waals surface area contributed by atoms with Crippen molar-refractivity contribution < 1.29 is 4.79 Å². The normalized spacial score (nSPS) is 17.8. The second-order valence-electron chi connectivity index (χ2n) is 7.46. The van der Waals surface area contributed by atoms with Crippen molar-refractivity contribution in [1.82, 2.24) is 19.6 Å². The maximum Gasteiger partial charge on any atom is 0.256 e. The standard InChI is InChI=1S/C21H29ClN4O/c1-3-26-16-19(13-23-26)21(27)24(2)14-18-5-4-11-25(15-18)12-10-17-6-8-20(22)9-7-17/h6-9,13,16,18H,3-5,10-12,14-15H2,1-2H3/t18-/m1/s1. The van der Waals surface area contributed by atoms with Crippen LogP contribution in [0.3, 0.4) is 0 Å². The van der Waals surface area contributed by atoms with Gasteiger partial charge in [-0.05, 0) is 56.3 Å². The molecule has 5 nitrogen and oxygen atoms in total. The van der Waals surface area contributed by atoms with E-state index < -0.39 is 0 Å². The summed E-state index contributed by atoms with van der Waals surface area (Å²) in [4.78, 5) is 17.0. The molecule has 27 heavy (non-hydrogen) atoms. The van der Waals surface area contributed by atoms with E-state index in [0.717, 1.165) is 44.2 Å². The van der Waals surface area contributed by atoms with E-state index in [1.165, 1.54) is 18.4 Å². The third-order valence-corrected chi connectivity index (χ3v) is 5.57. The Balaban J connectivity index is 1.48. The lowest BCUT2D eigenvalue weighted by Crippen LogP contribution is -2.42. The van der Waals surface area contributed by atoms with E-state index in [1.807, 2.05) is 37.2 Å². The molecule has 0 bridgehead atoms. The van der Waals surface area contributed by atoms with Crippen LogP contribution < -0.4 is 0 Å². The zero-order chi connectivity index (χ0) is 19.2. The number of piperidine rings is 1. The summed E-state index contributed by atoms with van der Waals surface area (Å²) in [6.45, 7) is 6.85. The van der Waals surface area contributed by atoms with Crippen molar-refractivity contribution in [3.8, 4) is 0 Å². The first kappa shape index (κ1) is 19.9. The monoisotopic (exact) mass is 388 g/mol. The van der Waals surface area contributed by atoms with Gasteiger partial charge in [-0.15, -0.1) is 0 Å². The van der Waals surface area contributed by atoms with Gasteiger partial charge in [-0.2, -0.15) is 5.10 Å². The van der Waals surface area contributed by atoms with Gasteiger partial charge in [0.1, 0.15) is 0 Å². The van der Waals surface area contributed by atoms with E-state index in [0.29, 0.717) is 11.5 Å². The third-order valence-electron chi connectivity index (χ3n) is 5.32. The Morgan fingerprint density at radius 2 is 2.11 bits per heavy atom. The summed E-state index contributed by atoms with van der Waals surface area (Å²) in [5.74, 6) is 0.590. The molecule has 1 fully saturated rings. The Labute approximate surface area is 166 Å². The van der Waals surface area contributed by atoms with E-state index in [1.54, 1.807) is 10.9 Å². The number of carbonyl (C=O) groups is 1. The minimum atomic E-state index is 0.0630. The van der Waals surface area contributed by atoms with Crippen LogP contribution in [0.15, 0.2) is 36.7 Å². The van der Waals surface area contributed by atoms with Gasteiger partial charge < -0.3 is 9.80 Å². The number of hydrogen-bond acceptors (Lipinski definition) is 3. The Bertz CT molecular complexity index is 743. The Morgan fingerprint density at radius 3 is 2.81 bits per heavy atom. The molecule has 1 atom stereocenters. The van der Waals surface area contributed by atoms with Crippen LogP contribution in [0.4, 0.5) is 0 Å².